The van der Waals surface area contributed by atoms with Crippen LogP contribution < -0.4 is 4.90 Å². The number of piperazine rings is 1. The van der Waals surface area contributed by atoms with Crippen LogP contribution in [0, 0.1) is 5.82 Å². The first-order valence-electron chi connectivity index (χ1n) is 10.6. The molecule has 0 saturated carbocycles. The summed E-state index contributed by atoms with van der Waals surface area (Å²) >= 11 is 0. The fourth-order valence-electron chi connectivity index (χ4n) is 3.96. The molecule has 1 amide bonds. The van der Waals surface area contributed by atoms with Gasteiger partial charge >= 0.3 is 0 Å². The number of halogens is 1. The Hall–Kier alpha value is -4.00. The van der Waals surface area contributed by atoms with Gasteiger partial charge in [-0.2, -0.15) is 5.10 Å². The molecule has 1 aliphatic rings. The Bertz CT molecular complexity index is 1260. The van der Waals surface area contributed by atoms with Crippen LogP contribution in [0.25, 0.3) is 23.0 Å². The fraction of sp³-hybridized carbons (Fsp3) is 0.160. The van der Waals surface area contributed by atoms with E-state index in [1.54, 1.807) is 35.0 Å². The number of aromatic nitrogens is 3. The van der Waals surface area contributed by atoms with E-state index in [-0.39, 0.29) is 11.7 Å². The van der Waals surface area contributed by atoms with E-state index in [2.05, 4.69) is 27.1 Å². The molecule has 6 nitrogen and oxygen atoms in total. The Morgan fingerprint density at radius 3 is 2.41 bits per heavy atom. The molecule has 0 spiro atoms. The Labute approximate surface area is 185 Å². The van der Waals surface area contributed by atoms with Crippen molar-refractivity contribution in [3.63, 3.8) is 0 Å². The van der Waals surface area contributed by atoms with Crippen LogP contribution in [0.2, 0.25) is 0 Å². The minimum atomic E-state index is -0.308. The van der Waals surface area contributed by atoms with Crippen molar-refractivity contribution in [2.75, 3.05) is 31.1 Å². The molecular weight excluding hydrogens is 405 g/mol. The van der Waals surface area contributed by atoms with Crippen molar-refractivity contribution >= 4 is 23.3 Å². The second kappa shape index (κ2) is 8.63. The predicted molar refractivity (Wildman–Crippen MR) is 123 cm³/mol. The van der Waals surface area contributed by atoms with E-state index in [0.717, 1.165) is 18.7 Å². The van der Waals surface area contributed by atoms with E-state index in [1.807, 2.05) is 35.2 Å². The van der Waals surface area contributed by atoms with Crippen molar-refractivity contribution < 1.29 is 9.18 Å². The number of nitrogens with zero attached hydrogens (tertiary/aromatic N) is 5. The average Bonchev–Trinajstić information content (AvgIpc) is 3.22. The molecule has 7 heteroatoms. The second-order valence-electron chi connectivity index (χ2n) is 7.63. The summed E-state index contributed by atoms with van der Waals surface area (Å²) in [6, 6.07) is 20.1. The first-order chi connectivity index (χ1) is 15.7. The summed E-state index contributed by atoms with van der Waals surface area (Å²) in [5.41, 5.74) is 3.94. The van der Waals surface area contributed by atoms with Crippen LogP contribution in [-0.2, 0) is 4.79 Å². The Balaban J connectivity index is 1.36. The lowest BCUT2D eigenvalue weighted by Crippen LogP contribution is -2.48. The molecular formula is C25H22FN5O. The molecule has 0 atom stereocenters. The number of carbonyl (C=O) groups excluding carboxylic acids is 1. The quantitative estimate of drug-likeness (QED) is 0.464. The topological polar surface area (TPSA) is 53.7 Å². The standard InChI is InChI=1S/C25H22FN5O/c26-20-10-8-19(9-11-20)25-22(31-23(28-25)7-4-14-27-31)12-13-24(32)30-17-15-29(16-18-30)21-5-2-1-3-6-21/h1-14H,15-18H2/b13-12+. The number of fused-ring (bicyclic) bond motifs is 1. The average molecular weight is 427 g/mol. The third-order valence-electron chi connectivity index (χ3n) is 5.64. The van der Waals surface area contributed by atoms with E-state index < -0.39 is 0 Å². The number of carbonyl (C=O) groups is 1. The van der Waals surface area contributed by atoms with Crippen LogP contribution >= 0.6 is 0 Å². The van der Waals surface area contributed by atoms with Gasteiger partial charge in [0.15, 0.2) is 5.65 Å². The zero-order valence-electron chi connectivity index (χ0n) is 17.4. The molecule has 160 valence electrons. The van der Waals surface area contributed by atoms with Gasteiger partial charge in [-0.1, -0.05) is 18.2 Å². The van der Waals surface area contributed by atoms with Gasteiger partial charge in [-0.3, -0.25) is 4.79 Å². The van der Waals surface area contributed by atoms with Crippen molar-refractivity contribution in [1.29, 1.82) is 0 Å². The number of anilines is 1. The van der Waals surface area contributed by atoms with Crippen LogP contribution in [0.15, 0.2) is 79.0 Å². The lowest BCUT2D eigenvalue weighted by Gasteiger charge is -2.35. The van der Waals surface area contributed by atoms with E-state index in [1.165, 1.54) is 17.8 Å². The van der Waals surface area contributed by atoms with Crippen LogP contribution in [-0.4, -0.2) is 51.6 Å². The number of hydrogen-bond acceptors (Lipinski definition) is 4. The maximum absolute atomic E-state index is 13.4. The smallest absolute Gasteiger partial charge is 0.246 e. The molecule has 0 aliphatic carbocycles. The van der Waals surface area contributed by atoms with Gasteiger partial charge in [0.2, 0.25) is 5.91 Å². The maximum atomic E-state index is 13.4. The highest BCUT2D eigenvalue weighted by molar-refractivity contribution is 5.93. The van der Waals surface area contributed by atoms with E-state index in [4.69, 9.17) is 0 Å². The van der Waals surface area contributed by atoms with Crippen molar-refractivity contribution in [1.82, 2.24) is 19.5 Å². The van der Waals surface area contributed by atoms with Gasteiger partial charge in [0.05, 0.1) is 11.4 Å². The summed E-state index contributed by atoms with van der Waals surface area (Å²) in [6.45, 7) is 2.91. The predicted octanol–water partition coefficient (Wildman–Crippen LogP) is 3.90. The number of rotatable bonds is 4. The number of benzene rings is 2. The largest absolute Gasteiger partial charge is 0.368 e. The molecule has 4 aromatic rings. The van der Waals surface area contributed by atoms with Crippen LogP contribution in [0.5, 0.6) is 0 Å². The molecule has 2 aromatic carbocycles. The minimum absolute atomic E-state index is 0.0475. The number of hydrogen-bond donors (Lipinski definition) is 0. The van der Waals surface area contributed by atoms with Crippen molar-refractivity contribution in [3.8, 4) is 11.3 Å². The zero-order valence-corrected chi connectivity index (χ0v) is 17.4. The Morgan fingerprint density at radius 1 is 0.906 bits per heavy atom. The lowest BCUT2D eigenvalue weighted by atomic mass is 10.1. The van der Waals surface area contributed by atoms with Crippen molar-refractivity contribution in [3.05, 3.63) is 90.5 Å². The number of para-hydroxylation sites is 1. The summed E-state index contributed by atoms with van der Waals surface area (Å²) in [4.78, 5) is 21.7. The summed E-state index contributed by atoms with van der Waals surface area (Å²) in [5, 5.41) is 4.38. The van der Waals surface area contributed by atoms with Gasteiger partial charge < -0.3 is 9.80 Å². The van der Waals surface area contributed by atoms with E-state index in [9.17, 15) is 9.18 Å². The first kappa shape index (κ1) is 19.9. The van der Waals surface area contributed by atoms with E-state index in [0.29, 0.717) is 30.1 Å². The van der Waals surface area contributed by atoms with Gasteiger partial charge in [0, 0.05) is 49.7 Å². The van der Waals surface area contributed by atoms with Crippen LogP contribution in [0.3, 0.4) is 0 Å². The third kappa shape index (κ3) is 3.97. The van der Waals surface area contributed by atoms with Gasteiger partial charge in [-0.15, -0.1) is 0 Å². The van der Waals surface area contributed by atoms with Gasteiger partial charge in [0.25, 0.3) is 0 Å². The molecule has 0 unspecified atom stereocenters. The normalized spacial score (nSPS) is 14.4. The highest BCUT2D eigenvalue weighted by Gasteiger charge is 2.20. The van der Waals surface area contributed by atoms with Crippen molar-refractivity contribution in [2.45, 2.75) is 0 Å². The molecule has 2 aromatic heterocycles. The summed E-state index contributed by atoms with van der Waals surface area (Å²) < 4.78 is 15.1. The monoisotopic (exact) mass is 427 g/mol. The molecule has 1 saturated heterocycles. The van der Waals surface area contributed by atoms with Crippen LogP contribution in [0.1, 0.15) is 5.69 Å². The maximum Gasteiger partial charge on any atom is 0.246 e. The van der Waals surface area contributed by atoms with Gasteiger partial charge in [0.1, 0.15) is 5.82 Å². The third-order valence-corrected chi connectivity index (χ3v) is 5.64. The van der Waals surface area contributed by atoms with Gasteiger partial charge in [-0.05, 0) is 54.6 Å². The molecule has 0 radical (unpaired) electrons. The fourth-order valence-corrected chi connectivity index (χ4v) is 3.96. The summed E-state index contributed by atoms with van der Waals surface area (Å²) in [6.07, 6.45) is 4.99. The molecule has 5 rings (SSSR count). The number of amides is 1. The highest BCUT2D eigenvalue weighted by Crippen LogP contribution is 2.25. The lowest BCUT2D eigenvalue weighted by molar-refractivity contribution is -0.126. The Kier molecular flexibility index (Phi) is 5.37. The molecule has 3 heterocycles. The summed E-state index contributed by atoms with van der Waals surface area (Å²) in [7, 11) is 0. The zero-order chi connectivity index (χ0) is 21.9. The second-order valence-corrected chi connectivity index (χ2v) is 7.63. The molecule has 1 fully saturated rings. The first-order valence-corrected chi connectivity index (χ1v) is 10.6. The van der Waals surface area contributed by atoms with Crippen LogP contribution in [0.4, 0.5) is 10.1 Å². The molecule has 1 aliphatic heterocycles. The SMILES string of the molecule is O=C(/C=C/c1c(-c2ccc(F)cc2)nc2cccnn12)N1CCN(c2ccccc2)CC1. The molecule has 0 N–H and O–H groups in total. The Morgan fingerprint density at radius 2 is 1.66 bits per heavy atom. The van der Waals surface area contributed by atoms with Gasteiger partial charge in [-0.25, -0.2) is 13.9 Å². The molecule has 0 bridgehead atoms. The summed E-state index contributed by atoms with van der Waals surface area (Å²) in [5.74, 6) is -0.355. The van der Waals surface area contributed by atoms with E-state index >= 15 is 0 Å². The number of imidazole rings is 1. The minimum Gasteiger partial charge on any atom is -0.368 e. The van der Waals surface area contributed by atoms with Crippen molar-refractivity contribution in [2.24, 2.45) is 0 Å². The highest BCUT2D eigenvalue weighted by atomic mass is 19.1. The molecule has 32 heavy (non-hydrogen) atoms.